The van der Waals surface area contributed by atoms with E-state index in [4.69, 9.17) is 0 Å². The predicted molar refractivity (Wildman–Crippen MR) is 76.7 cm³/mol. The van der Waals surface area contributed by atoms with Gasteiger partial charge in [0.25, 0.3) is 0 Å². The van der Waals surface area contributed by atoms with Crippen molar-refractivity contribution in [3.8, 4) is 0 Å². The number of halogens is 1. The van der Waals surface area contributed by atoms with Crippen molar-refractivity contribution in [2.75, 3.05) is 5.32 Å². The van der Waals surface area contributed by atoms with E-state index in [9.17, 15) is 4.79 Å². The van der Waals surface area contributed by atoms with E-state index in [0.717, 1.165) is 12.1 Å². The number of aryl methyl sites for hydroxylation is 1. The Morgan fingerprint density at radius 1 is 1.29 bits per heavy atom. The van der Waals surface area contributed by atoms with Crippen molar-refractivity contribution in [1.82, 2.24) is 0 Å². The van der Waals surface area contributed by atoms with Crippen LogP contribution in [0.5, 0.6) is 0 Å². The van der Waals surface area contributed by atoms with Crippen LogP contribution in [-0.4, -0.2) is 10.2 Å². The molecule has 0 saturated heterocycles. The summed E-state index contributed by atoms with van der Waals surface area (Å²) in [6.07, 6.45) is 3.52. The van der Waals surface area contributed by atoms with Gasteiger partial charge in [0, 0.05) is 5.69 Å². The molecular weight excluding hydrogens is 278 g/mol. The Labute approximate surface area is 112 Å². The molecule has 2 nitrogen and oxygen atoms in total. The van der Waals surface area contributed by atoms with Gasteiger partial charge in [-0.05, 0) is 44.4 Å². The van der Waals surface area contributed by atoms with Gasteiger partial charge in [0.1, 0.15) is 0 Å². The maximum absolute atomic E-state index is 11.7. The lowest BCUT2D eigenvalue weighted by molar-refractivity contribution is -0.117. The summed E-state index contributed by atoms with van der Waals surface area (Å²) in [7, 11) is 0. The summed E-state index contributed by atoms with van der Waals surface area (Å²) in [6.45, 7) is 5.85. The third kappa shape index (κ3) is 4.90. The highest BCUT2D eigenvalue weighted by molar-refractivity contribution is 9.10. The third-order valence-corrected chi connectivity index (χ3v) is 2.93. The van der Waals surface area contributed by atoms with Gasteiger partial charge in [-0.15, -0.1) is 0 Å². The van der Waals surface area contributed by atoms with Crippen LogP contribution in [-0.2, 0) is 11.2 Å². The van der Waals surface area contributed by atoms with Gasteiger partial charge in [-0.1, -0.05) is 41.4 Å². The van der Waals surface area contributed by atoms with E-state index in [1.807, 2.05) is 26.0 Å². The van der Waals surface area contributed by atoms with Crippen LogP contribution in [0, 0.1) is 0 Å². The molecular formula is C14H20BrNO. The first-order valence-electron chi connectivity index (χ1n) is 6.03. The molecule has 1 amide bonds. The monoisotopic (exact) mass is 297 g/mol. The number of anilines is 1. The maximum Gasteiger partial charge on any atom is 0.240 e. The van der Waals surface area contributed by atoms with Crippen molar-refractivity contribution in [2.45, 2.75) is 44.4 Å². The number of alkyl halides is 1. The molecule has 0 saturated carbocycles. The topological polar surface area (TPSA) is 29.1 Å². The van der Waals surface area contributed by atoms with E-state index in [1.54, 1.807) is 0 Å². The second kappa shape index (κ2) is 6.20. The average molecular weight is 298 g/mol. The van der Waals surface area contributed by atoms with Crippen LogP contribution in [0.1, 0.15) is 39.2 Å². The fraction of sp³-hybridized carbons (Fsp3) is 0.500. The number of hydrogen-bond acceptors (Lipinski definition) is 1. The van der Waals surface area contributed by atoms with E-state index in [-0.39, 0.29) is 5.91 Å². The Hall–Kier alpha value is -0.830. The highest BCUT2D eigenvalue weighted by atomic mass is 79.9. The summed E-state index contributed by atoms with van der Waals surface area (Å²) in [5, 5.41) is 2.88. The number of hydrogen-bond donors (Lipinski definition) is 1. The van der Waals surface area contributed by atoms with Crippen LogP contribution in [0.2, 0.25) is 0 Å². The van der Waals surface area contributed by atoms with Gasteiger partial charge in [-0.25, -0.2) is 0 Å². The first kappa shape index (κ1) is 14.2. The Bertz CT molecular complexity index is 365. The number of rotatable bonds is 5. The summed E-state index contributed by atoms with van der Waals surface area (Å²) in [5.41, 5.74) is 2.17. The molecule has 94 valence electrons. The zero-order valence-electron chi connectivity index (χ0n) is 10.7. The number of carbonyl (C=O) groups excluding carboxylic acids is 1. The normalized spacial score (nSPS) is 11.3. The van der Waals surface area contributed by atoms with E-state index >= 15 is 0 Å². The molecule has 1 aromatic carbocycles. The van der Waals surface area contributed by atoms with Crippen LogP contribution in [0.15, 0.2) is 24.3 Å². The summed E-state index contributed by atoms with van der Waals surface area (Å²) < 4.78 is -0.534. The largest absolute Gasteiger partial charge is 0.325 e. The number of carbonyl (C=O) groups is 1. The van der Waals surface area contributed by atoms with Crippen molar-refractivity contribution < 1.29 is 4.79 Å². The standard InChI is InChI=1S/C14H20BrNO/c1-4-5-6-11-7-9-12(10-8-11)16-13(17)14(2,3)15/h7-10H,4-6H2,1-3H3,(H,16,17). The minimum atomic E-state index is -0.534. The molecule has 3 heteroatoms. The molecule has 0 aromatic heterocycles. The number of nitrogens with one attached hydrogen (secondary N) is 1. The van der Waals surface area contributed by atoms with Gasteiger partial charge in [0.05, 0.1) is 4.32 Å². The van der Waals surface area contributed by atoms with Gasteiger partial charge >= 0.3 is 0 Å². The summed E-state index contributed by atoms with van der Waals surface area (Å²) >= 11 is 3.34. The molecule has 0 aliphatic carbocycles. The Morgan fingerprint density at radius 2 is 1.88 bits per heavy atom. The van der Waals surface area contributed by atoms with E-state index in [1.165, 1.54) is 18.4 Å². The lowest BCUT2D eigenvalue weighted by atomic mass is 10.1. The molecule has 1 N–H and O–H groups in total. The fourth-order valence-corrected chi connectivity index (χ4v) is 1.51. The molecule has 0 bridgehead atoms. The van der Waals surface area contributed by atoms with Gasteiger partial charge < -0.3 is 5.32 Å². The van der Waals surface area contributed by atoms with Crippen molar-refractivity contribution in [1.29, 1.82) is 0 Å². The predicted octanol–water partition coefficient (Wildman–Crippen LogP) is 4.14. The number of unbranched alkanes of at least 4 members (excludes halogenated alkanes) is 1. The van der Waals surface area contributed by atoms with Crippen molar-refractivity contribution in [3.63, 3.8) is 0 Å². The molecule has 0 aliphatic rings. The van der Waals surface area contributed by atoms with Crippen LogP contribution in [0.25, 0.3) is 0 Å². The van der Waals surface area contributed by atoms with Crippen LogP contribution in [0.4, 0.5) is 5.69 Å². The zero-order valence-corrected chi connectivity index (χ0v) is 12.3. The highest BCUT2D eigenvalue weighted by Crippen LogP contribution is 2.19. The van der Waals surface area contributed by atoms with Gasteiger partial charge in [0.2, 0.25) is 5.91 Å². The molecule has 1 aromatic rings. The minimum Gasteiger partial charge on any atom is -0.325 e. The van der Waals surface area contributed by atoms with Crippen LogP contribution in [0.3, 0.4) is 0 Å². The Balaban J connectivity index is 2.59. The smallest absolute Gasteiger partial charge is 0.240 e. The van der Waals surface area contributed by atoms with Gasteiger partial charge in [-0.2, -0.15) is 0 Å². The molecule has 0 spiro atoms. The maximum atomic E-state index is 11.7. The lowest BCUT2D eigenvalue weighted by Gasteiger charge is -2.15. The Kier molecular flexibility index (Phi) is 5.19. The molecule has 0 atom stereocenters. The second-order valence-electron chi connectivity index (χ2n) is 4.73. The first-order chi connectivity index (χ1) is 7.93. The fourth-order valence-electron chi connectivity index (χ4n) is 1.42. The second-order valence-corrected chi connectivity index (χ2v) is 6.71. The average Bonchev–Trinajstić information content (AvgIpc) is 2.27. The van der Waals surface area contributed by atoms with Crippen LogP contribution < -0.4 is 5.32 Å². The quantitative estimate of drug-likeness (QED) is 0.813. The molecule has 0 unspecified atom stereocenters. The molecule has 0 fully saturated rings. The molecule has 0 heterocycles. The van der Waals surface area contributed by atoms with Gasteiger partial charge in [-0.3, -0.25) is 4.79 Å². The Morgan fingerprint density at radius 3 is 2.35 bits per heavy atom. The van der Waals surface area contributed by atoms with Gasteiger partial charge in [0.15, 0.2) is 0 Å². The van der Waals surface area contributed by atoms with Crippen LogP contribution >= 0.6 is 15.9 Å². The molecule has 1 rings (SSSR count). The van der Waals surface area contributed by atoms with E-state index < -0.39 is 4.32 Å². The van der Waals surface area contributed by atoms with E-state index in [2.05, 4.69) is 40.3 Å². The highest BCUT2D eigenvalue weighted by Gasteiger charge is 2.23. The number of benzene rings is 1. The molecule has 17 heavy (non-hydrogen) atoms. The van der Waals surface area contributed by atoms with Crippen molar-refractivity contribution in [2.24, 2.45) is 0 Å². The zero-order chi connectivity index (χ0) is 12.9. The lowest BCUT2D eigenvalue weighted by Crippen LogP contribution is -2.30. The summed E-state index contributed by atoms with van der Waals surface area (Å²) in [4.78, 5) is 11.7. The molecule has 0 aliphatic heterocycles. The first-order valence-corrected chi connectivity index (χ1v) is 6.82. The minimum absolute atomic E-state index is 0.0289. The molecule has 0 radical (unpaired) electrons. The third-order valence-electron chi connectivity index (χ3n) is 2.57. The van der Waals surface area contributed by atoms with Crippen molar-refractivity contribution >= 4 is 27.5 Å². The summed E-state index contributed by atoms with van der Waals surface area (Å²) in [6, 6.07) is 8.07. The number of amides is 1. The SMILES string of the molecule is CCCCc1ccc(NC(=O)C(C)(C)Br)cc1. The summed E-state index contributed by atoms with van der Waals surface area (Å²) in [5.74, 6) is -0.0289. The van der Waals surface area contributed by atoms with Crippen molar-refractivity contribution in [3.05, 3.63) is 29.8 Å². The van der Waals surface area contributed by atoms with E-state index in [0.29, 0.717) is 0 Å².